The molecule has 0 radical (unpaired) electrons. The number of anilines is 1. The van der Waals surface area contributed by atoms with E-state index in [4.69, 9.17) is 0 Å². The first kappa shape index (κ1) is 12.9. The fourth-order valence-electron chi connectivity index (χ4n) is 2.45. The van der Waals surface area contributed by atoms with E-state index in [1.165, 1.54) is 5.56 Å². The molecule has 1 atom stereocenters. The highest BCUT2D eigenvalue weighted by Crippen LogP contribution is 2.15. The van der Waals surface area contributed by atoms with Gasteiger partial charge in [-0.2, -0.15) is 0 Å². The molecule has 0 spiro atoms. The number of amides is 1. The minimum absolute atomic E-state index is 0.00750. The number of hydrogen-bond acceptors (Lipinski definition) is 3. The van der Waals surface area contributed by atoms with Crippen LogP contribution in [0.15, 0.2) is 30.6 Å². The van der Waals surface area contributed by atoms with E-state index in [0.29, 0.717) is 13.0 Å². The van der Waals surface area contributed by atoms with Crippen LogP contribution in [0.1, 0.15) is 23.9 Å². The maximum absolute atomic E-state index is 12.3. The molecular weight excluding hydrogens is 252 g/mol. The predicted octanol–water partition coefficient (Wildman–Crippen LogP) is 1.63. The highest BCUT2D eigenvalue weighted by Gasteiger charge is 2.25. The van der Waals surface area contributed by atoms with Crippen molar-refractivity contribution in [1.82, 2.24) is 15.3 Å². The molecule has 0 fully saturated rings. The van der Waals surface area contributed by atoms with Crippen molar-refractivity contribution in [3.63, 3.8) is 0 Å². The summed E-state index contributed by atoms with van der Waals surface area (Å²) in [5, 5.41) is 6.20. The second-order valence-corrected chi connectivity index (χ2v) is 5.01. The summed E-state index contributed by atoms with van der Waals surface area (Å²) in [6.45, 7) is 2.76. The number of carbonyl (C=O) groups excluding carboxylic acids is 1. The standard InChI is InChI=1S/C15H18N4O/c1-2-10-4-3-5-11(6-10)19-15(20)13-7-12-14(8-16-13)18-9-17-12/h3-6,9,13,16H,2,7-8H2,1H3,(H,17,18)(H,19,20). The van der Waals surface area contributed by atoms with Gasteiger partial charge in [0.05, 0.1) is 23.8 Å². The molecule has 1 unspecified atom stereocenters. The molecule has 3 N–H and O–H groups in total. The van der Waals surface area contributed by atoms with E-state index in [0.717, 1.165) is 23.5 Å². The van der Waals surface area contributed by atoms with Gasteiger partial charge in [0.15, 0.2) is 0 Å². The molecule has 0 saturated heterocycles. The molecule has 5 nitrogen and oxygen atoms in total. The molecule has 0 aliphatic carbocycles. The zero-order valence-electron chi connectivity index (χ0n) is 11.4. The van der Waals surface area contributed by atoms with Crippen LogP contribution in [0.4, 0.5) is 5.69 Å². The quantitative estimate of drug-likeness (QED) is 0.794. The van der Waals surface area contributed by atoms with Crippen LogP contribution < -0.4 is 10.6 Å². The first-order chi connectivity index (χ1) is 9.76. The zero-order chi connectivity index (χ0) is 13.9. The molecule has 0 bridgehead atoms. The Morgan fingerprint density at radius 2 is 2.40 bits per heavy atom. The lowest BCUT2D eigenvalue weighted by atomic mass is 10.0. The van der Waals surface area contributed by atoms with E-state index in [-0.39, 0.29) is 11.9 Å². The molecule has 104 valence electrons. The summed E-state index contributed by atoms with van der Waals surface area (Å²) in [6, 6.07) is 7.73. The Bertz CT molecular complexity index is 620. The minimum Gasteiger partial charge on any atom is -0.347 e. The second kappa shape index (κ2) is 5.46. The van der Waals surface area contributed by atoms with Crippen LogP contribution >= 0.6 is 0 Å². The van der Waals surface area contributed by atoms with Crippen molar-refractivity contribution in [3.8, 4) is 0 Å². The highest BCUT2D eigenvalue weighted by molar-refractivity contribution is 5.95. The number of imidazole rings is 1. The summed E-state index contributed by atoms with van der Waals surface area (Å²) in [5.74, 6) is -0.00750. The van der Waals surface area contributed by atoms with Crippen LogP contribution in [-0.2, 0) is 24.2 Å². The number of nitrogens with one attached hydrogen (secondary N) is 3. The molecule has 0 saturated carbocycles. The number of aromatic nitrogens is 2. The van der Waals surface area contributed by atoms with Gasteiger partial charge in [0.25, 0.3) is 0 Å². The number of nitrogens with zero attached hydrogens (tertiary/aromatic N) is 1. The van der Waals surface area contributed by atoms with Gasteiger partial charge in [-0.1, -0.05) is 19.1 Å². The van der Waals surface area contributed by atoms with Crippen molar-refractivity contribution in [3.05, 3.63) is 47.5 Å². The lowest BCUT2D eigenvalue weighted by Gasteiger charge is -2.22. The maximum Gasteiger partial charge on any atom is 0.241 e. The number of H-pyrrole nitrogens is 1. The van der Waals surface area contributed by atoms with E-state index in [1.54, 1.807) is 6.33 Å². The molecular formula is C15H18N4O. The molecule has 1 aromatic heterocycles. The lowest BCUT2D eigenvalue weighted by molar-refractivity contribution is -0.118. The summed E-state index contributed by atoms with van der Waals surface area (Å²) >= 11 is 0. The Labute approximate surface area is 117 Å². The Balaban J connectivity index is 1.68. The monoisotopic (exact) mass is 270 g/mol. The minimum atomic E-state index is -0.226. The van der Waals surface area contributed by atoms with E-state index in [1.807, 2.05) is 18.2 Å². The second-order valence-electron chi connectivity index (χ2n) is 5.01. The molecule has 3 rings (SSSR count). The van der Waals surface area contributed by atoms with Gasteiger partial charge in [-0.25, -0.2) is 4.98 Å². The Morgan fingerprint density at radius 1 is 1.50 bits per heavy atom. The molecule has 5 heteroatoms. The first-order valence-electron chi connectivity index (χ1n) is 6.90. The molecule has 1 aromatic carbocycles. The van der Waals surface area contributed by atoms with Crippen molar-refractivity contribution in [2.75, 3.05) is 5.32 Å². The zero-order valence-corrected chi connectivity index (χ0v) is 11.4. The van der Waals surface area contributed by atoms with Gasteiger partial charge >= 0.3 is 0 Å². The smallest absolute Gasteiger partial charge is 0.241 e. The van der Waals surface area contributed by atoms with Crippen molar-refractivity contribution < 1.29 is 4.79 Å². The van der Waals surface area contributed by atoms with Crippen LogP contribution in [0, 0.1) is 0 Å². The Kier molecular flexibility index (Phi) is 3.52. The SMILES string of the molecule is CCc1cccc(NC(=O)C2Cc3nc[nH]c3CN2)c1. The predicted molar refractivity (Wildman–Crippen MR) is 77.4 cm³/mol. The van der Waals surface area contributed by atoms with Gasteiger partial charge in [0.2, 0.25) is 5.91 Å². The molecule has 1 amide bonds. The van der Waals surface area contributed by atoms with Gasteiger partial charge in [0, 0.05) is 18.7 Å². The number of hydrogen-bond donors (Lipinski definition) is 3. The molecule has 2 aromatic rings. The summed E-state index contributed by atoms with van der Waals surface area (Å²) in [6.07, 6.45) is 3.26. The number of aromatic amines is 1. The van der Waals surface area contributed by atoms with Crippen LogP contribution in [0.25, 0.3) is 0 Å². The molecule has 1 aliphatic heterocycles. The first-order valence-corrected chi connectivity index (χ1v) is 6.90. The number of carbonyl (C=O) groups is 1. The van der Waals surface area contributed by atoms with E-state index < -0.39 is 0 Å². The third kappa shape index (κ3) is 2.58. The largest absolute Gasteiger partial charge is 0.347 e. The number of fused-ring (bicyclic) bond motifs is 1. The lowest BCUT2D eigenvalue weighted by Crippen LogP contribution is -2.44. The summed E-state index contributed by atoms with van der Waals surface area (Å²) < 4.78 is 0. The normalized spacial score (nSPS) is 17.6. The number of rotatable bonds is 3. The van der Waals surface area contributed by atoms with E-state index >= 15 is 0 Å². The van der Waals surface area contributed by atoms with Crippen molar-refractivity contribution in [2.24, 2.45) is 0 Å². The van der Waals surface area contributed by atoms with Crippen LogP contribution in [0.3, 0.4) is 0 Å². The van der Waals surface area contributed by atoms with Crippen molar-refractivity contribution >= 4 is 11.6 Å². The Hall–Kier alpha value is -2.14. The van der Waals surface area contributed by atoms with Gasteiger partial charge < -0.3 is 10.3 Å². The van der Waals surface area contributed by atoms with E-state index in [2.05, 4.69) is 33.6 Å². The van der Waals surface area contributed by atoms with Crippen LogP contribution in [0.5, 0.6) is 0 Å². The van der Waals surface area contributed by atoms with Gasteiger partial charge in [0.1, 0.15) is 0 Å². The number of benzene rings is 1. The molecule has 1 aliphatic rings. The number of aryl methyl sites for hydroxylation is 1. The van der Waals surface area contributed by atoms with Gasteiger partial charge in [-0.3, -0.25) is 10.1 Å². The third-order valence-electron chi connectivity index (χ3n) is 3.65. The third-order valence-corrected chi connectivity index (χ3v) is 3.65. The van der Waals surface area contributed by atoms with Gasteiger partial charge in [-0.05, 0) is 24.1 Å². The van der Waals surface area contributed by atoms with Crippen molar-refractivity contribution in [1.29, 1.82) is 0 Å². The fourth-order valence-corrected chi connectivity index (χ4v) is 2.45. The summed E-state index contributed by atoms with van der Waals surface area (Å²) in [4.78, 5) is 19.6. The topological polar surface area (TPSA) is 69.8 Å². The van der Waals surface area contributed by atoms with Crippen LogP contribution in [0.2, 0.25) is 0 Å². The highest BCUT2D eigenvalue weighted by atomic mass is 16.2. The average Bonchev–Trinajstić information content (AvgIpc) is 2.94. The molecule has 2 heterocycles. The fraction of sp³-hybridized carbons (Fsp3) is 0.333. The van der Waals surface area contributed by atoms with Gasteiger partial charge in [-0.15, -0.1) is 0 Å². The van der Waals surface area contributed by atoms with E-state index in [9.17, 15) is 4.79 Å². The Morgan fingerprint density at radius 3 is 3.25 bits per heavy atom. The van der Waals surface area contributed by atoms with Crippen molar-refractivity contribution in [2.45, 2.75) is 32.4 Å². The summed E-state index contributed by atoms with van der Waals surface area (Å²) in [7, 11) is 0. The average molecular weight is 270 g/mol. The maximum atomic E-state index is 12.3. The summed E-state index contributed by atoms with van der Waals surface area (Å²) in [5.41, 5.74) is 4.12. The molecule has 20 heavy (non-hydrogen) atoms. The van der Waals surface area contributed by atoms with Crippen LogP contribution in [-0.4, -0.2) is 21.9 Å².